The summed E-state index contributed by atoms with van der Waals surface area (Å²) in [7, 11) is -3.60. The molecule has 0 saturated carbocycles. The standard InChI is InChI=1S/C7H17O5P/c1-2-7(9)3-6-13(10,11)12-5-4-8/h7-9H,2-6H2,1H3,(H,10,11). The first kappa shape index (κ1) is 13.1. The molecule has 0 fully saturated rings. The number of hydrogen-bond acceptors (Lipinski definition) is 4. The molecule has 0 aromatic rings. The SMILES string of the molecule is CCC(O)CCP(=O)(O)OCCO. The lowest BCUT2D eigenvalue weighted by atomic mass is 10.2. The molecule has 2 unspecified atom stereocenters. The third-order valence-electron chi connectivity index (χ3n) is 1.60. The molecule has 13 heavy (non-hydrogen) atoms. The molecule has 0 amide bonds. The fraction of sp³-hybridized carbons (Fsp3) is 1.00. The molecular weight excluding hydrogens is 195 g/mol. The highest BCUT2D eigenvalue weighted by Crippen LogP contribution is 2.42. The van der Waals surface area contributed by atoms with E-state index in [2.05, 4.69) is 4.52 Å². The number of hydrogen-bond donors (Lipinski definition) is 3. The van der Waals surface area contributed by atoms with Gasteiger partial charge in [-0.2, -0.15) is 0 Å². The van der Waals surface area contributed by atoms with Crippen molar-refractivity contribution in [3.8, 4) is 0 Å². The first-order chi connectivity index (χ1) is 6.02. The van der Waals surface area contributed by atoms with Gasteiger partial charge in [-0.15, -0.1) is 0 Å². The van der Waals surface area contributed by atoms with Gasteiger partial charge in [0.2, 0.25) is 0 Å². The predicted molar refractivity (Wildman–Crippen MR) is 48.6 cm³/mol. The van der Waals surface area contributed by atoms with Crippen LogP contribution < -0.4 is 0 Å². The number of aliphatic hydroxyl groups excluding tert-OH is 2. The molecule has 0 aliphatic carbocycles. The number of rotatable bonds is 7. The van der Waals surface area contributed by atoms with Gasteiger partial charge in [-0.3, -0.25) is 4.57 Å². The third kappa shape index (κ3) is 7.16. The molecule has 0 aromatic carbocycles. The lowest BCUT2D eigenvalue weighted by Crippen LogP contribution is -2.09. The van der Waals surface area contributed by atoms with E-state index in [4.69, 9.17) is 15.1 Å². The van der Waals surface area contributed by atoms with Crippen LogP contribution in [0.15, 0.2) is 0 Å². The minimum Gasteiger partial charge on any atom is -0.394 e. The van der Waals surface area contributed by atoms with Crippen LogP contribution in [0.4, 0.5) is 0 Å². The highest BCUT2D eigenvalue weighted by atomic mass is 31.2. The Kier molecular flexibility index (Phi) is 6.55. The molecule has 0 aliphatic heterocycles. The van der Waals surface area contributed by atoms with Crippen molar-refractivity contribution in [1.82, 2.24) is 0 Å². The molecule has 0 aromatic heterocycles. The fourth-order valence-corrected chi connectivity index (χ4v) is 1.88. The minimum absolute atomic E-state index is 0.0675. The van der Waals surface area contributed by atoms with Gasteiger partial charge in [0.1, 0.15) is 0 Å². The van der Waals surface area contributed by atoms with Gasteiger partial charge in [0.15, 0.2) is 0 Å². The maximum absolute atomic E-state index is 11.1. The molecule has 5 nitrogen and oxygen atoms in total. The van der Waals surface area contributed by atoms with Crippen LogP contribution in [-0.2, 0) is 9.09 Å². The summed E-state index contributed by atoms with van der Waals surface area (Å²) in [6.45, 7) is 1.37. The van der Waals surface area contributed by atoms with Gasteiger partial charge < -0.3 is 19.6 Å². The summed E-state index contributed by atoms with van der Waals surface area (Å²) in [5, 5.41) is 17.5. The Bertz CT molecular complexity index is 172. The summed E-state index contributed by atoms with van der Waals surface area (Å²) in [6, 6.07) is 0. The Balaban J connectivity index is 3.68. The molecule has 80 valence electrons. The molecule has 6 heteroatoms. The summed E-state index contributed by atoms with van der Waals surface area (Å²) >= 11 is 0. The van der Waals surface area contributed by atoms with Crippen LogP contribution in [0.5, 0.6) is 0 Å². The zero-order valence-electron chi connectivity index (χ0n) is 7.72. The van der Waals surface area contributed by atoms with Crippen molar-refractivity contribution in [2.24, 2.45) is 0 Å². The van der Waals surface area contributed by atoms with Gasteiger partial charge >= 0.3 is 7.60 Å². The molecule has 0 radical (unpaired) electrons. The third-order valence-corrected chi connectivity index (χ3v) is 3.01. The second-order valence-corrected chi connectivity index (χ2v) is 4.75. The first-order valence-corrected chi connectivity index (χ1v) is 6.03. The summed E-state index contributed by atoms with van der Waals surface area (Å²) in [5.74, 6) is 0. The van der Waals surface area contributed by atoms with Gasteiger partial charge in [0.25, 0.3) is 0 Å². The summed E-state index contributed by atoms with van der Waals surface area (Å²) < 4.78 is 15.6. The Morgan fingerprint density at radius 2 is 2.15 bits per heavy atom. The Labute approximate surface area is 77.9 Å². The van der Waals surface area contributed by atoms with Gasteiger partial charge in [0, 0.05) is 0 Å². The molecule has 0 saturated heterocycles. The topological polar surface area (TPSA) is 87.0 Å². The summed E-state index contributed by atoms with van der Waals surface area (Å²) in [6.07, 6.45) is 0.177. The smallest absolute Gasteiger partial charge is 0.328 e. The van der Waals surface area contributed by atoms with E-state index in [9.17, 15) is 4.57 Å². The monoisotopic (exact) mass is 212 g/mol. The molecule has 0 heterocycles. The first-order valence-electron chi connectivity index (χ1n) is 4.27. The minimum atomic E-state index is -3.60. The lowest BCUT2D eigenvalue weighted by molar-refractivity contribution is 0.157. The van der Waals surface area contributed by atoms with E-state index in [1.165, 1.54) is 0 Å². The van der Waals surface area contributed by atoms with Crippen LogP contribution in [0.3, 0.4) is 0 Å². The Hall–Kier alpha value is 0.0700. The van der Waals surface area contributed by atoms with E-state index in [1.54, 1.807) is 6.92 Å². The zero-order chi connectivity index (χ0) is 10.3. The predicted octanol–water partition coefficient (Wildman–Crippen LogP) is 0.342. The molecule has 0 spiro atoms. The van der Waals surface area contributed by atoms with Crippen molar-refractivity contribution in [1.29, 1.82) is 0 Å². The fourth-order valence-electron chi connectivity index (χ4n) is 0.764. The van der Waals surface area contributed by atoms with Crippen LogP contribution in [0.25, 0.3) is 0 Å². The normalized spacial score (nSPS) is 18.2. The van der Waals surface area contributed by atoms with Gasteiger partial charge in [-0.05, 0) is 12.8 Å². The Morgan fingerprint density at radius 1 is 1.54 bits per heavy atom. The van der Waals surface area contributed by atoms with Crippen molar-refractivity contribution >= 4 is 7.60 Å². The van der Waals surface area contributed by atoms with E-state index in [0.29, 0.717) is 6.42 Å². The average molecular weight is 212 g/mol. The molecule has 0 aliphatic rings. The summed E-state index contributed by atoms with van der Waals surface area (Å²) in [5.41, 5.74) is 0. The maximum atomic E-state index is 11.1. The lowest BCUT2D eigenvalue weighted by Gasteiger charge is -2.13. The molecule has 0 bridgehead atoms. The van der Waals surface area contributed by atoms with Crippen molar-refractivity contribution in [2.45, 2.75) is 25.9 Å². The van der Waals surface area contributed by atoms with E-state index in [1.807, 2.05) is 0 Å². The van der Waals surface area contributed by atoms with Crippen molar-refractivity contribution < 1.29 is 24.2 Å². The van der Waals surface area contributed by atoms with E-state index < -0.39 is 13.7 Å². The van der Waals surface area contributed by atoms with Crippen LogP contribution in [0, 0.1) is 0 Å². The van der Waals surface area contributed by atoms with Gasteiger partial charge in [-0.25, -0.2) is 0 Å². The van der Waals surface area contributed by atoms with E-state index >= 15 is 0 Å². The zero-order valence-corrected chi connectivity index (χ0v) is 8.61. The van der Waals surface area contributed by atoms with Crippen LogP contribution in [-0.4, -0.2) is 40.6 Å². The summed E-state index contributed by atoms with van der Waals surface area (Å²) in [4.78, 5) is 9.10. The van der Waals surface area contributed by atoms with Crippen molar-refractivity contribution in [2.75, 3.05) is 19.4 Å². The Morgan fingerprint density at radius 3 is 2.62 bits per heavy atom. The number of aliphatic hydroxyl groups is 2. The highest BCUT2D eigenvalue weighted by Gasteiger charge is 2.19. The van der Waals surface area contributed by atoms with Gasteiger partial charge in [-0.1, -0.05) is 6.92 Å². The van der Waals surface area contributed by atoms with E-state index in [0.717, 1.165) is 0 Å². The van der Waals surface area contributed by atoms with E-state index in [-0.39, 0.29) is 25.8 Å². The second kappa shape index (κ2) is 6.51. The second-order valence-electron chi connectivity index (χ2n) is 2.77. The molecule has 0 rings (SSSR count). The molecule has 3 N–H and O–H groups in total. The van der Waals surface area contributed by atoms with Gasteiger partial charge in [0.05, 0.1) is 25.5 Å². The molecular formula is C7H17O5P. The van der Waals surface area contributed by atoms with Crippen LogP contribution in [0.2, 0.25) is 0 Å². The highest BCUT2D eigenvalue weighted by molar-refractivity contribution is 7.52. The van der Waals surface area contributed by atoms with Crippen LogP contribution >= 0.6 is 7.60 Å². The van der Waals surface area contributed by atoms with Crippen molar-refractivity contribution in [3.05, 3.63) is 0 Å². The quantitative estimate of drug-likeness (QED) is 0.530. The van der Waals surface area contributed by atoms with Crippen molar-refractivity contribution in [3.63, 3.8) is 0 Å². The maximum Gasteiger partial charge on any atom is 0.328 e. The average Bonchev–Trinajstić information content (AvgIpc) is 2.11. The molecule has 2 atom stereocenters. The largest absolute Gasteiger partial charge is 0.394 e. The van der Waals surface area contributed by atoms with Crippen LogP contribution in [0.1, 0.15) is 19.8 Å².